The number of rotatable bonds is 5. The first-order valence-corrected chi connectivity index (χ1v) is 6.24. The van der Waals surface area contributed by atoms with E-state index in [4.69, 9.17) is 5.73 Å². The van der Waals surface area contributed by atoms with Crippen molar-refractivity contribution in [3.05, 3.63) is 53.3 Å². The molecule has 1 aromatic heterocycles. The van der Waals surface area contributed by atoms with Crippen molar-refractivity contribution in [1.82, 2.24) is 15.1 Å². The van der Waals surface area contributed by atoms with Crippen molar-refractivity contribution in [3.63, 3.8) is 0 Å². The zero-order valence-electron chi connectivity index (χ0n) is 11.0. The van der Waals surface area contributed by atoms with Crippen LogP contribution in [0.25, 0.3) is 0 Å². The van der Waals surface area contributed by atoms with Crippen LogP contribution in [-0.4, -0.2) is 22.2 Å². The molecule has 19 heavy (non-hydrogen) atoms. The normalized spacial score (nSPS) is 10.4. The van der Waals surface area contributed by atoms with Crippen LogP contribution in [0.4, 0.5) is 0 Å². The Kier molecular flexibility index (Phi) is 4.30. The number of hydrogen-bond acceptors (Lipinski definition) is 3. The second-order valence-electron chi connectivity index (χ2n) is 4.43. The van der Waals surface area contributed by atoms with E-state index in [1.807, 2.05) is 31.4 Å². The number of nitrogens with one attached hydrogen (secondary N) is 1. The number of nitrogens with two attached hydrogens (primary N) is 1. The molecule has 0 saturated heterocycles. The van der Waals surface area contributed by atoms with Crippen LogP contribution >= 0.6 is 0 Å². The summed E-state index contributed by atoms with van der Waals surface area (Å²) < 4.78 is 1.75. The van der Waals surface area contributed by atoms with Gasteiger partial charge >= 0.3 is 0 Å². The van der Waals surface area contributed by atoms with Crippen molar-refractivity contribution in [2.75, 3.05) is 6.54 Å². The van der Waals surface area contributed by atoms with Crippen LogP contribution in [0.5, 0.6) is 0 Å². The Balaban J connectivity index is 1.87. The van der Waals surface area contributed by atoms with Crippen LogP contribution < -0.4 is 11.1 Å². The lowest BCUT2D eigenvalue weighted by Gasteiger charge is -2.05. The molecule has 1 aromatic carbocycles. The Morgan fingerprint density at radius 2 is 2.26 bits per heavy atom. The van der Waals surface area contributed by atoms with Gasteiger partial charge in [0.25, 0.3) is 5.91 Å². The Morgan fingerprint density at radius 3 is 2.95 bits per heavy atom. The fourth-order valence-electron chi connectivity index (χ4n) is 1.86. The molecule has 0 aliphatic carbocycles. The summed E-state index contributed by atoms with van der Waals surface area (Å²) in [5.41, 5.74) is 8.27. The van der Waals surface area contributed by atoms with Gasteiger partial charge in [-0.2, -0.15) is 5.10 Å². The predicted octanol–water partition coefficient (Wildman–Crippen LogP) is 0.851. The summed E-state index contributed by atoms with van der Waals surface area (Å²) in [6, 6.07) is 7.36. The number of benzene rings is 1. The molecule has 0 atom stereocenters. The fourth-order valence-corrected chi connectivity index (χ4v) is 1.86. The summed E-state index contributed by atoms with van der Waals surface area (Å²) in [4.78, 5) is 11.9. The average Bonchev–Trinajstić information content (AvgIpc) is 2.84. The lowest BCUT2D eigenvalue weighted by Crippen LogP contribution is -2.25. The summed E-state index contributed by atoms with van der Waals surface area (Å²) >= 11 is 0. The van der Waals surface area contributed by atoms with Gasteiger partial charge in [-0.05, 0) is 29.7 Å². The Labute approximate surface area is 112 Å². The molecule has 0 radical (unpaired) electrons. The smallest absolute Gasteiger partial charge is 0.251 e. The van der Waals surface area contributed by atoms with E-state index < -0.39 is 0 Å². The number of amides is 1. The third-order valence-electron chi connectivity index (χ3n) is 2.88. The maximum atomic E-state index is 11.9. The van der Waals surface area contributed by atoms with Crippen LogP contribution in [0.2, 0.25) is 0 Å². The molecule has 1 amide bonds. The lowest BCUT2D eigenvalue weighted by molar-refractivity contribution is 0.0954. The molecule has 5 heteroatoms. The Morgan fingerprint density at radius 1 is 1.42 bits per heavy atom. The van der Waals surface area contributed by atoms with Gasteiger partial charge in [0.15, 0.2) is 0 Å². The number of hydrogen-bond donors (Lipinski definition) is 2. The largest absolute Gasteiger partial charge is 0.352 e. The number of carbonyl (C=O) groups is 1. The van der Waals surface area contributed by atoms with Crippen LogP contribution in [-0.2, 0) is 20.0 Å². The fraction of sp³-hybridized carbons (Fsp3) is 0.286. The zero-order valence-corrected chi connectivity index (χ0v) is 11.0. The van der Waals surface area contributed by atoms with E-state index in [-0.39, 0.29) is 5.91 Å². The minimum Gasteiger partial charge on any atom is -0.352 e. The van der Waals surface area contributed by atoms with Crippen LogP contribution in [0, 0.1) is 0 Å². The second-order valence-corrected chi connectivity index (χ2v) is 4.43. The van der Waals surface area contributed by atoms with Gasteiger partial charge in [-0.15, -0.1) is 0 Å². The number of aryl methyl sites for hydroxylation is 1. The standard InChI is InChI=1S/C14H18N4O/c1-18-10-12(9-17-18)5-6-16-14(19)13-4-2-3-11(7-13)8-15/h2-4,7,9-10H,5-6,8,15H2,1H3,(H,16,19). The van der Waals surface area contributed by atoms with E-state index in [0.29, 0.717) is 18.7 Å². The SMILES string of the molecule is Cn1cc(CCNC(=O)c2cccc(CN)c2)cn1. The third-order valence-corrected chi connectivity index (χ3v) is 2.88. The molecule has 0 aliphatic rings. The molecule has 0 unspecified atom stereocenters. The van der Waals surface area contributed by atoms with E-state index in [9.17, 15) is 4.79 Å². The second kappa shape index (κ2) is 6.15. The molecule has 2 aromatic rings. The topological polar surface area (TPSA) is 72.9 Å². The van der Waals surface area contributed by atoms with Gasteiger partial charge in [0.1, 0.15) is 0 Å². The summed E-state index contributed by atoms with van der Waals surface area (Å²) in [6.07, 6.45) is 4.53. The predicted molar refractivity (Wildman–Crippen MR) is 73.6 cm³/mol. The summed E-state index contributed by atoms with van der Waals surface area (Å²) in [5, 5.41) is 6.98. The first kappa shape index (κ1) is 13.3. The molecule has 0 spiro atoms. The molecule has 0 aliphatic heterocycles. The van der Waals surface area contributed by atoms with Gasteiger partial charge in [0.2, 0.25) is 0 Å². The zero-order chi connectivity index (χ0) is 13.7. The van der Waals surface area contributed by atoms with E-state index in [1.54, 1.807) is 16.9 Å². The van der Waals surface area contributed by atoms with Crippen molar-refractivity contribution < 1.29 is 4.79 Å². The lowest BCUT2D eigenvalue weighted by atomic mass is 10.1. The number of carbonyl (C=O) groups excluding carboxylic acids is 1. The Bertz CT molecular complexity index is 562. The Hall–Kier alpha value is -2.14. The highest BCUT2D eigenvalue weighted by molar-refractivity contribution is 5.94. The highest BCUT2D eigenvalue weighted by atomic mass is 16.1. The maximum Gasteiger partial charge on any atom is 0.251 e. The molecular weight excluding hydrogens is 240 g/mol. The molecule has 5 nitrogen and oxygen atoms in total. The van der Waals surface area contributed by atoms with E-state index in [0.717, 1.165) is 17.5 Å². The van der Waals surface area contributed by atoms with E-state index in [2.05, 4.69) is 10.4 Å². The van der Waals surface area contributed by atoms with Gasteiger partial charge in [0.05, 0.1) is 6.20 Å². The third kappa shape index (κ3) is 3.66. The van der Waals surface area contributed by atoms with Crippen molar-refractivity contribution in [2.24, 2.45) is 12.8 Å². The minimum atomic E-state index is -0.0702. The summed E-state index contributed by atoms with van der Waals surface area (Å²) in [5.74, 6) is -0.0702. The maximum absolute atomic E-state index is 11.9. The van der Waals surface area contributed by atoms with E-state index in [1.165, 1.54) is 0 Å². The number of aromatic nitrogens is 2. The van der Waals surface area contributed by atoms with Crippen LogP contribution in [0.1, 0.15) is 21.5 Å². The van der Waals surface area contributed by atoms with Crippen LogP contribution in [0.15, 0.2) is 36.7 Å². The van der Waals surface area contributed by atoms with Crippen molar-refractivity contribution in [1.29, 1.82) is 0 Å². The molecule has 1 heterocycles. The monoisotopic (exact) mass is 258 g/mol. The van der Waals surface area contributed by atoms with Crippen molar-refractivity contribution in [2.45, 2.75) is 13.0 Å². The van der Waals surface area contributed by atoms with Crippen molar-refractivity contribution >= 4 is 5.91 Å². The van der Waals surface area contributed by atoms with Gasteiger partial charge in [0, 0.05) is 31.9 Å². The quantitative estimate of drug-likeness (QED) is 0.835. The molecular formula is C14H18N4O. The molecule has 3 N–H and O–H groups in total. The molecule has 0 bridgehead atoms. The first-order valence-electron chi connectivity index (χ1n) is 6.24. The molecule has 2 rings (SSSR count). The van der Waals surface area contributed by atoms with Crippen molar-refractivity contribution in [3.8, 4) is 0 Å². The summed E-state index contributed by atoms with van der Waals surface area (Å²) in [7, 11) is 1.88. The van der Waals surface area contributed by atoms with Gasteiger partial charge in [-0.25, -0.2) is 0 Å². The van der Waals surface area contributed by atoms with E-state index >= 15 is 0 Å². The number of nitrogens with zero attached hydrogens (tertiary/aromatic N) is 2. The van der Waals surface area contributed by atoms with Crippen LogP contribution in [0.3, 0.4) is 0 Å². The summed E-state index contributed by atoms with van der Waals surface area (Å²) in [6.45, 7) is 1.04. The minimum absolute atomic E-state index is 0.0702. The highest BCUT2D eigenvalue weighted by Gasteiger charge is 2.05. The average molecular weight is 258 g/mol. The van der Waals surface area contributed by atoms with Gasteiger partial charge in [-0.1, -0.05) is 12.1 Å². The molecule has 100 valence electrons. The first-order chi connectivity index (χ1) is 9.19. The highest BCUT2D eigenvalue weighted by Crippen LogP contribution is 2.04. The van der Waals surface area contributed by atoms with Gasteiger partial charge in [-0.3, -0.25) is 9.48 Å². The van der Waals surface area contributed by atoms with Gasteiger partial charge < -0.3 is 11.1 Å². The molecule has 0 saturated carbocycles. The molecule has 0 fully saturated rings.